The predicted molar refractivity (Wildman–Crippen MR) is 66.2 cm³/mol. The molecule has 0 aliphatic carbocycles. The number of thiophene rings is 1. The molecule has 5 nitrogen and oxygen atoms in total. The second-order valence-corrected chi connectivity index (χ2v) is 5.31. The molecule has 1 rings (SSSR count). The number of aromatic carboxylic acids is 1. The van der Waals surface area contributed by atoms with E-state index in [2.05, 4.69) is 5.32 Å². The van der Waals surface area contributed by atoms with Gasteiger partial charge in [0, 0.05) is 4.88 Å². The Balaban J connectivity index is 2.87. The first-order valence-electron chi connectivity index (χ1n) is 5.29. The van der Waals surface area contributed by atoms with Gasteiger partial charge in [-0.05, 0) is 24.5 Å². The lowest BCUT2D eigenvalue weighted by Crippen LogP contribution is -2.33. The van der Waals surface area contributed by atoms with Crippen LogP contribution in [0.5, 0.6) is 0 Å². The molecule has 1 aromatic heterocycles. The molecule has 0 radical (unpaired) electrons. The predicted octanol–water partition coefficient (Wildman–Crippen LogP) is 2.20. The average molecular weight is 256 g/mol. The molecular formula is C11H16N2O3S. The number of carbonyl (C=O) groups is 2. The lowest BCUT2D eigenvalue weighted by Gasteiger charge is -2.17. The topological polar surface area (TPSA) is 92.4 Å². The minimum absolute atomic E-state index is 0.217. The number of nitrogens with one attached hydrogen (secondary N) is 1. The molecule has 94 valence electrons. The number of nitrogens with two attached hydrogens (primary N) is 1. The highest BCUT2D eigenvalue weighted by Gasteiger charge is 2.18. The van der Waals surface area contributed by atoms with Gasteiger partial charge in [-0.15, -0.1) is 11.3 Å². The second-order valence-electron chi connectivity index (χ2n) is 4.20. The smallest absolute Gasteiger partial charge is 0.345 e. The number of hydrogen-bond donors (Lipinski definition) is 3. The summed E-state index contributed by atoms with van der Waals surface area (Å²) in [5.41, 5.74) is 5.11. The van der Waals surface area contributed by atoms with Crippen molar-refractivity contribution in [3.8, 4) is 0 Å². The van der Waals surface area contributed by atoms with Crippen LogP contribution >= 0.6 is 11.3 Å². The molecular weight excluding hydrogens is 240 g/mol. The molecule has 1 heterocycles. The Morgan fingerprint density at radius 2 is 2.12 bits per heavy atom. The quantitative estimate of drug-likeness (QED) is 0.754. The Morgan fingerprint density at radius 3 is 2.53 bits per heavy atom. The second kappa shape index (κ2) is 5.67. The standard InChI is InChI=1S/C11H16N2O3S/c1-6(2)5-7(13-11(12)16)8-3-4-9(17-8)10(14)15/h3-4,6-7H,5H2,1-2H3,(H,14,15)(H3,12,13,16). The maximum absolute atomic E-state index is 10.9. The van der Waals surface area contributed by atoms with Gasteiger partial charge in [-0.3, -0.25) is 0 Å². The Labute approximate surface area is 104 Å². The van der Waals surface area contributed by atoms with Crippen LogP contribution in [0.15, 0.2) is 12.1 Å². The largest absolute Gasteiger partial charge is 0.477 e. The van der Waals surface area contributed by atoms with Crippen molar-refractivity contribution in [2.45, 2.75) is 26.3 Å². The van der Waals surface area contributed by atoms with Gasteiger partial charge in [0.2, 0.25) is 0 Å². The summed E-state index contributed by atoms with van der Waals surface area (Å²) < 4.78 is 0. The van der Waals surface area contributed by atoms with Gasteiger partial charge in [0.1, 0.15) is 4.88 Å². The number of primary amides is 1. The number of carbonyl (C=O) groups excluding carboxylic acids is 1. The lowest BCUT2D eigenvalue weighted by atomic mass is 10.0. The highest BCUT2D eigenvalue weighted by Crippen LogP contribution is 2.28. The van der Waals surface area contributed by atoms with Gasteiger partial charge in [0.05, 0.1) is 6.04 Å². The minimum Gasteiger partial charge on any atom is -0.477 e. The summed E-state index contributed by atoms with van der Waals surface area (Å²) in [6.45, 7) is 4.06. The van der Waals surface area contributed by atoms with Crippen molar-refractivity contribution >= 4 is 23.3 Å². The van der Waals surface area contributed by atoms with Gasteiger partial charge in [0.15, 0.2) is 0 Å². The maximum Gasteiger partial charge on any atom is 0.345 e. The van der Waals surface area contributed by atoms with Crippen LogP contribution in [0.25, 0.3) is 0 Å². The molecule has 0 fully saturated rings. The molecule has 0 saturated heterocycles. The average Bonchev–Trinajstić information content (AvgIpc) is 2.63. The third-order valence-electron chi connectivity index (χ3n) is 2.20. The van der Waals surface area contributed by atoms with E-state index in [0.717, 1.165) is 22.6 Å². The van der Waals surface area contributed by atoms with E-state index < -0.39 is 12.0 Å². The monoisotopic (exact) mass is 256 g/mol. The Hall–Kier alpha value is -1.56. The van der Waals surface area contributed by atoms with E-state index in [1.165, 1.54) is 0 Å². The summed E-state index contributed by atoms with van der Waals surface area (Å²) in [6.07, 6.45) is 0.725. The maximum atomic E-state index is 10.9. The summed E-state index contributed by atoms with van der Waals surface area (Å²) in [4.78, 5) is 22.8. The number of carboxylic acids is 1. The van der Waals surface area contributed by atoms with E-state index >= 15 is 0 Å². The molecule has 6 heteroatoms. The molecule has 0 bridgehead atoms. The zero-order valence-electron chi connectivity index (χ0n) is 9.77. The van der Waals surface area contributed by atoms with Crippen LogP contribution in [0.3, 0.4) is 0 Å². The molecule has 17 heavy (non-hydrogen) atoms. The normalized spacial score (nSPS) is 12.4. The number of urea groups is 1. The van der Waals surface area contributed by atoms with Crippen LogP contribution < -0.4 is 11.1 Å². The number of carboxylic acid groups (broad SMARTS) is 1. The van der Waals surface area contributed by atoms with Gasteiger partial charge in [-0.25, -0.2) is 9.59 Å². The molecule has 1 aromatic rings. The van der Waals surface area contributed by atoms with Crippen molar-refractivity contribution in [1.29, 1.82) is 0 Å². The first-order valence-corrected chi connectivity index (χ1v) is 6.10. The van der Waals surface area contributed by atoms with Crippen molar-refractivity contribution in [1.82, 2.24) is 5.32 Å². The third kappa shape index (κ3) is 4.07. The molecule has 0 saturated carbocycles. The van der Waals surface area contributed by atoms with Crippen LogP contribution in [0.1, 0.15) is 40.9 Å². The molecule has 2 amide bonds. The SMILES string of the molecule is CC(C)CC(NC(N)=O)c1ccc(C(=O)O)s1. The van der Waals surface area contributed by atoms with Crippen molar-refractivity contribution in [2.75, 3.05) is 0 Å². The first kappa shape index (κ1) is 13.5. The first-order chi connectivity index (χ1) is 7.90. The van der Waals surface area contributed by atoms with Crippen molar-refractivity contribution in [3.05, 3.63) is 21.9 Å². The zero-order chi connectivity index (χ0) is 13.0. The number of hydrogen-bond acceptors (Lipinski definition) is 3. The van der Waals surface area contributed by atoms with Gasteiger partial charge in [-0.1, -0.05) is 13.8 Å². The van der Waals surface area contributed by atoms with Crippen LogP contribution in [-0.2, 0) is 0 Å². The fourth-order valence-corrected chi connectivity index (χ4v) is 2.46. The highest BCUT2D eigenvalue weighted by molar-refractivity contribution is 7.14. The Kier molecular flexibility index (Phi) is 4.51. The molecule has 0 aliphatic rings. The van der Waals surface area contributed by atoms with E-state index in [1.54, 1.807) is 12.1 Å². The summed E-state index contributed by atoms with van der Waals surface area (Å²) in [6, 6.07) is 2.45. The third-order valence-corrected chi connectivity index (χ3v) is 3.39. The van der Waals surface area contributed by atoms with Crippen molar-refractivity contribution in [3.63, 3.8) is 0 Å². The fourth-order valence-electron chi connectivity index (χ4n) is 1.54. The molecule has 4 N–H and O–H groups in total. The van der Waals surface area contributed by atoms with E-state index in [1.807, 2.05) is 13.8 Å². The van der Waals surface area contributed by atoms with E-state index in [-0.39, 0.29) is 10.9 Å². The number of rotatable bonds is 5. The lowest BCUT2D eigenvalue weighted by molar-refractivity contribution is 0.0702. The summed E-state index contributed by atoms with van der Waals surface area (Å²) in [5.74, 6) is -0.578. The van der Waals surface area contributed by atoms with E-state index in [9.17, 15) is 9.59 Å². The molecule has 0 aromatic carbocycles. The van der Waals surface area contributed by atoms with Crippen LogP contribution in [0, 0.1) is 5.92 Å². The van der Waals surface area contributed by atoms with E-state index in [0.29, 0.717) is 5.92 Å². The summed E-state index contributed by atoms with van der Waals surface area (Å²) >= 11 is 1.16. The van der Waals surface area contributed by atoms with E-state index in [4.69, 9.17) is 10.8 Å². The summed E-state index contributed by atoms with van der Waals surface area (Å²) in [7, 11) is 0. The summed E-state index contributed by atoms with van der Waals surface area (Å²) in [5, 5.41) is 11.5. The minimum atomic E-state index is -0.955. The molecule has 1 atom stereocenters. The molecule has 0 spiro atoms. The van der Waals surface area contributed by atoms with Crippen molar-refractivity contribution < 1.29 is 14.7 Å². The van der Waals surface area contributed by atoms with Gasteiger partial charge < -0.3 is 16.2 Å². The van der Waals surface area contributed by atoms with Crippen molar-refractivity contribution in [2.24, 2.45) is 11.7 Å². The zero-order valence-corrected chi connectivity index (χ0v) is 10.6. The van der Waals surface area contributed by atoms with Gasteiger partial charge >= 0.3 is 12.0 Å². The van der Waals surface area contributed by atoms with Crippen LogP contribution in [-0.4, -0.2) is 17.1 Å². The fraction of sp³-hybridized carbons (Fsp3) is 0.455. The highest BCUT2D eigenvalue weighted by atomic mass is 32.1. The van der Waals surface area contributed by atoms with Gasteiger partial charge in [-0.2, -0.15) is 0 Å². The Bertz CT molecular complexity index is 415. The van der Waals surface area contributed by atoms with Crippen LogP contribution in [0.4, 0.5) is 4.79 Å². The Morgan fingerprint density at radius 1 is 1.47 bits per heavy atom. The molecule has 1 unspecified atom stereocenters. The molecule has 0 aliphatic heterocycles. The van der Waals surface area contributed by atoms with Gasteiger partial charge in [0.25, 0.3) is 0 Å². The van der Waals surface area contributed by atoms with Crippen LogP contribution in [0.2, 0.25) is 0 Å². The number of amides is 2.